The van der Waals surface area contributed by atoms with E-state index in [-0.39, 0.29) is 0 Å². The molecule has 98 valence electrons. The SMILES string of the molecule is CC(C)n1cncc1CNCCc1ccn(C)n1. The molecule has 0 spiro atoms. The zero-order valence-electron chi connectivity index (χ0n) is 11.3. The molecule has 0 aliphatic rings. The molecule has 0 atom stereocenters. The summed E-state index contributed by atoms with van der Waals surface area (Å²) in [6.45, 7) is 6.11. The fraction of sp³-hybridized carbons (Fsp3) is 0.538. The van der Waals surface area contributed by atoms with Crippen molar-refractivity contribution in [3.05, 3.63) is 36.2 Å². The topological polar surface area (TPSA) is 47.7 Å². The van der Waals surface area contributed by atoms with Crippen LogP contribution in [0.15, 0.2) is 24.8 Å². The smallest absolute Gasteiger partial charge is 0.0951 e. The molecule has 0 fully saturated rings. The molecule has 0 aliphatic heterocycles. The molecule has 0 saturated heterocycles. The van der Waals surface area contributed by atoms with Crippen LogP contribution in [0.2, 0.25) is 0 Å². The van der Waals surface area contributed by atoms with Crippen LogP contribution in [0, 0.1) is 0 Å². The van der Waals surface area contributed by atoms with Crippen LogP contribution in [0.1, 0.15) is 31.3 Å². The normalized spacial score (nSPS) is 11.3. The van der Waals surface area contributed by atoms with Crippen LogP contribution >= 0.6 is 0 Å². The van der Waals surface area contributed by atoms with Gasteiger partial charge >= 0.3 is 0 Å². The largest absolute Gasteiger partial charge is 0.331 e. The number of hydrogen-bond acceptors (Lipinski definition) is 3. The van der Waals surface area contributed by atoms with Crippen molar-refractivity contribution in [3.63, 3.8) is 0 Å². The molecule has 0 bridgehead atoms. The average molecular weight is 247 g/mol. The lowest BCUT2D eigenvalue weighted by Gasteiger charge is -2.11. The summed E-state index contributed by atoms with van der Waals surface area (Å²) in [5, 5.41) is 7.78. The Balaban J connectivity index is 1.77. The lowest BCUT2D eigenvalue weighted by molar-refractivity contribution is 0.550. The van der Waals surface area contributed by atoms with Gasteiger partial charge in [0.05, 0.1) is 17.7 Å². The van der Waals surface area contributed by atoms with E-state index in [1.54, 1.807) is 0 Å². The van der Waals surface area contributed by atoms with E-state index < -0.39 is 0 Å². The highest BCUT2D eigenvalue weighted by Gasteiger charge is 2.04. The molecule has 2 heterocycles. The lowest BCUT2D eigenvalue weighted by atomic mass is 10.3. The van der Waals surface area contributed by atoms with Crippen molar-refractivity contribution >= 4 is 0 Å². The number of aromatic nitrogens is 4. The van der Waals surface area contributed by atoms with Crippen molar-refractivity contribution in [1.82, 2.24) is 24.6 Å². The van der Waals surface area contributed by atoms with E-state index in [4.69, 9.17) is 0 Å². The first-order valence-electron chi connectivity index (χ1n) is 6.37. The Morgan fingerprint density at radius 3 is 2.89 bits per heavy atom. The van der Waals surface area contributed by atoms with E-state index in [0.29, 0.717) is 6.04 Å². The van der Waals surface area contributed by atoms with Gasteiger partial charge < -0.3 is 9.88 Å². The first kappa shape index (κ1) is 12.8. The summed E-state index contributed by atoms with van der Waals surface area (Å²) >= 11 is 0. The Hall–Kier alpha value is -1.62. The fourth-order valence-corrected chi connectivity index (χ4v) is 1.96. The molecule has 0 amide bonds. The van der Waals surface area contributed by atoms with E-state index in [1.165, 1.54) is 5.69 Å². The van der Waals surface area contributed by atoms with Gasteiger partial charge in [0.15, 0.2) is 0 Å². The fourth-order valence-electron chi connectivity index (χ4n) is 1.96. The maximum atomic E-state index is 4.35. The van der Waals surface area contributed by atoms with Crippen LogP contribution in [-0.2, 0) is 20.0 Å². The van der Waals surface area contributed by atoms with Crippen LogP contribution in [0.25, 0.3) is 0 Å². The third kappa shape index (κ3) is 3.20. The van der Waals surface area contributed by atoms with Gasteiger partial charge in [0, 0.05) is 45.0 Å². The van der Waals surface area contributed by atoms with Crippen molar-refractivity contribution in [2.24, 2.45) is 7.05 Å². The standard InChI is InChI=1S/C13H21N5/c1-11(2)18-10-15-9-13(18)8-14-6-4-12-5-7-17(3)16-12/h5,7,9-11,14H,4,6,8H2,1-3H3. The third-order valence-corrected chi connectivity index (χ3v) is 2.94. The quantitative estimate of drug-likeness (QED) is 0.788. The second-order valence-corrected chi connectivity index (χ2v) is 4.79. The van der Waals surface area contributed by atoms with Gasteiger partial charge in [0.2, 0.25) is 0 Å². The van der Waals surface area contributed by atoms with Crippen molar-refractivity contribution in [2.45, 2.75) is 32.9 Å². The number of nitrogens with one attached hydrogen (secondary N) is 1. The minimum atomic E-state index is 0.458. The Morgan fingerprint density at radius 2 is 2.22 bits per heavy atom. The Labute approximate surface area is 108 Å². The van der Waals surface area contributed by atoms with Crippen molar-refractivity contribution in [2.75, 3.05) is 6.54 Å². The summed E-state index contributed by atoms with van der Waals surface area (Å²) in [4.78, 5) is 4.19. The molecule has 0 aliphatic carbocycles. The first-order chi connectivity index (χ1) is 8.66. The van der Waals surface area contributed by atoms with Crippen LogP contribution in [-0.4, -0.2) is 25.9 Å². The monoisotopic (exact) mass is 247 g/mol. The number of imidazole rings is 1. The van der Waals surface area contributed by atoms with Gasteiger partial charge in [-0.15, -0.1) is 0 Å². The number of nitrogens with zero attached hydrogens (tertiary/aromatic N) is 4. The third-order valence-electron chi connectivity index (χ3n) is 2.94. The van der Waals surface area contributed by atoms with E-state index in [9.17, 15) is 0 Å². The van der Waals surface area contributed by atoms with Gasteiger partial charge in [0.1, 0.15) is 0 Å². The average Bonchev–Trinajstić information content (AvgIpc) is 2.93. The minimum Gasteiger partial charge on any atom is -0.331 e. The van der Waals surface area contributed by atoms with Crippen LogP contribution in [0.4, 0.5) is 0 Å². The maximum absolute atomic E-state index is 4.35. The summed E-state index contributed by atoms with van der Waals surface area (Å²) in [6.07, 6.45) is 6.74. The highest BCUT2D eigenvalue weighted by Crippen LogP contribution is 2.08. The van der Waals surface area contributed by atoms with Crippen LogP contribution in [0.3, 0.4) is 0 Å². The molecule has 0 saturated carbocycles. The first-order valence-corrected chi connectivity index (χ1v) is 6.37. The van der Waals surface area contributed by atoms with Gasteiger partial charge in [-0.2, -0.15) is 5.10 Å². The van der Waals surface area contributed by atoms with E-state index in [2.05, 4.69) is 39.9 Å². The van der Waals surface area contributed by atoms with E-state index >= 15 is 0 Å². The predicted molar refractivity (Wildman–Crippen MR) is 71.2 cm³/mol. The Kier molecular flexibility index (Phi) is 4.15. The molecule has 2 aromatic rings. The van der Waals surface area contributed by atoms with Crippen molar-refractivity contribution < 1.29 is 0 Å². The van der Waals surface area contributed by atoms with Crippen LogP contribution < -0.4 is 5.32 Å². The van der Waals surface area contributed by atoms with Crippen molar-refractivity contribution in [1.29, 1.82) is 0 Å². The number of hydrogen-bond donors (Lipinski definition) is 1. The molecule has 5 nitrogen and oxygen atoms in total. The Morgan fingerprint density at radius 1 is 1.39 bits per heavy atom. The molecular weight excluding hydrogens is 226 g/mol. The molecule has 1 N–H and O–H groups in total. The summed E-state index contributed by atoms with van der Waals surface area (Å²) in [7, 11) is 1.94. The van der Waals surface area contributed by atoms with E-state index in [1.807, 2.05) is 30.5 Å². The second kappa shape index (κ2) is 5.82. The molecule has 0 unspecified atom stereocenters. The molecule has 5 heteroatoms. The van der Waals surface area contributed by atoms with Gasteiger partial charge in [-0.1, -0.05) is 0 Å². The summed E-state index contributed by atoms with van der Waals surface area (Å²) in [6, 6.07) is 2.51. The van der Waals surface area contributed by atoms with E-state index in [0.717, 1.165) is 25.2 Å². The summed E-state index contributed by atoms with van der Waals surface area (Å²) in [5.41, 5.74) is 2.35. The number of aryl methyl sites for hydroxylation is 1. The van der Waals surface area contributed by atoms with Crippen molar-refractivity contribution in [3.8, 4) is 0 Å². The number of rotatable bonds is 6. The molecule has 18 heavy (non-hydrogen) atoms. The highest BCUT2D eigenvalue weighted by atomic mass is 15.2. The minimum absolute atomic E-state index is 0.458. The predicted octanol–water partition coefficient (Wildman–Crippen LogP) is 1.53. The summed E-state index contributed by atoms with van der Waals surface area (Å²) in [5.74, 6) is 0. The van der Waals surface area contributed by atoms with Gasteiger partial charge in [-0.25, -0.2) is 4.98 Å². The molecule has 2 aromatic heterocycles. The zero-order valence-corrected chi connectivity index (χ0v) is 11.3. The van der Waals surface area contributed by atoms with Crippen LogP contribution in [0.5, 0.6) is 0 Å². The molecule has 2 rings (SSSR count). The lowest BCUT2D eigenvalue weighted by Crippen LogP contribution is -2.19. The van der Waals surface area contributed by atoms with Gasteiger partial charge in [-0.05, 0) is 19.9 Å². The second-order valence-electron chi connectivity index (χ2n) is 4.79. The molecule has 0 radical (unpaired) electrons. The maximum Gasteiger partial charge on any atom is 0.0951 e. The molecule has 0 aromatic carbocycles. The zero-order chi connectivity index (χ0) is 13.0. The Bertz CT molecular complexity index is 483. The van der Waals surface area contributed by atoms with Gasteiger partial charge in [0.25, 0.3) is 0 Å². The highest BCUT2D eigenvalue weighted by molar-refractivity contribution is 5.01. The molecular formula is C13H21N5. The summed E-state index contributed by atoms with van der Waals surface area (Å²) < 4.78 is 4.02. The van der Waals surface area contributed by atoms with Gasteiger partial charge in [-0.3, -0.25) is 4.68 Å².